The van der Waals surface area contributed by atoms with Crippen LogP contribution in [0.25, 0.3) is 0 Å². The van der Waals surface area contributed by atoms with Gasteiger partial charge in [-0.2, -0.15) is 4.91 Å². The molecular weight excluding hydrogens is 638 g/mol. The largest absolute Gasteiger partial charge is 0.737 e. The Bertz CT molecular complexity index is 598. The zero-order chi connectivity index (χ0) is 37.4. The first-order valence-electron chi connectivity index (χ1n) is 21.6. The van der Waals surface area contributed by atoms with Crippen molar-refractivity contribution in [3.63, 3.8) is 0 Å². The molecule has 0 aliphatic rings. The summed E-state index contributed by atoms with van der Waals surface area (Å²) >= 11 is 0. The van der Waals surface area contributed by atoms with E-state index in [9.17, 15) is 10.4 Å². The first-order chi connectivity index (χ1) is 24.7. The van der Waals surface area contributed by atoms with Crippen LogP contribution in [0.4, 0.5) is 0 Å². The highest BCUT2D eigenvalue weighted by Crippen LogP contribution is 2.10. The number of nitrogens with one attached hydrogen (secondary N) is 4. The summed E-state index contributed by atoms with van der Waals surface area (Å²) in [5, 5.41) is 36.6. The van der Waals surface area contributed by atoms with Crippen molar-refractivity contribution in [3.8, 4) is 0 Å². The van der Waals surface area contributed by atoms with E-state index in [4.69, 9.17) is 4.91 Å². The molecule has 0 aromatic rings. The smallest absolute Gasteiger partial charge is 0.0892 e. The molecule has 0 aromatic carbocycles. The van der Waals surface area contributed by atoms with Crippen LogP contribution in [-0.2, 0) is 0 Å². The van der Waals surface area contributed by atoms with Crippen molar-refractivity contribution in [1.29, 1.82) is 5.59 Å². The van der Waals surface area contributed by atoms with Gasteiger partial charge in [0.15, 0.2) is 0 Å². The SMILES string of the molecule is CCCCCCCCCCN(CCNCCCCCCCC)[N+]([O-])=N[O-].CCCCCCCCCCNCCNCCCCCCCC.N=O.[CH3+]. The number of hydrazine groups is 1. The molecule has 0 saturated heterocycles. The fraction of sp³-hybridized carbons (Fsp3) is 0.976. The van der Waals surface area contributed by atoms with Gasteiger partial charge in [0.2, 0.25) is 0 Å². The van der Waals surface area contributed by atoms with E-state index in [-0.39, 0.29) is 12.4 Å². The molecule has 0 aliphatic heterocycles. The lowest BCUT2D eigenvalue weighted by Crippen LogP contribution is -2.37. The van der Waals surface area contributed by atoms with Gasteiger partial charge in [0.05, 0.1) is 13.1 Å². The van der Waals surface area contributed by atoms with Gasteiger partial charge in [-0.1, -0.05) is 187 Å². The lowest BCUT2D eigenvalue weighted by atomic mass is 10.1. The van der Waals surface area contributed by atoms with Crippen LogP contribution >= 0.6 is 0 Å². The predicted molar refractivity (Wildman–Crippen MR) is 224 cm³/mol. The van der Waals surface area contributed by atoms with Crippen molar-refractivity contribution in [2.75, 3.05) is 52.4 Å². The first kappa shape index (κ1) is 56.1. The molecular formula is C41H91N7O3. The maximum atomic E-state index is 11.6. The van der Waals surface area contributed by atoms with Gasteiger partial charge in [-0.3, -0.25) is 0 Å². The minimum absolute atomic E-state index is 0. The van der Waals surface area contributed by atoms with Gasteiger partial charge >= 0.3 is 0 Å². The lowest BCUT2D eigenvalue weighted by Gasteiger charge is -2.19. The van der Waals surface area contributed by atoms with E-state index in [1.54, 1.807) is 0 Å². The Morgan fingerprint density at radius 3 is 1.02 bits per heavy atom. The van der Waals surface area contributed by atoms with E-state index in [0.29, 0.717) is 13.1 Å². The third-order valence-electron chi connectivity index (χ3n) is 9.23. The summed E-state index contributed by atoms with van der Waals surface area (Å²) < 4.78 is 0. The van der Waals surface area contributed by atoms with Crippen LogP contribution in [0.5, 0.6) is 0 Å². The molecule has 0 aromatic heterocycles. The quantitative estimate of drug-likeness (QED) is 0.0123. The van der Waals surface area contributed by atoms with Crippen molar-refractivity contribution in [1.82, 2.24) is 21.0 Å². The Morgan fingerprint density at radius 1 is 0.431 bits per heavy atom. The third kappa shape index (κ3) is 52.8. The number of hydrogen-bond acceptors (Lipinski definition) is 8. The first-order valence-corrected chi connectivity index (χ1v) is 21.6. The fourth-order valence-corrected chi connectivity index (χ4v) is 5.97. The second-order valence-corrected chi connectivity index (χ2v) is 14.0. The molecule has 0 radical (unpaired) electrons. The molecule has 0 aliphatic carbocycles. The molecule has 0 heterocycles. The van der Waals surface area contributed by atoms with Crippen molar-refractivity contribution >= 4 is 0 Å². The van der Waals surface area contributed by atoms with Crippen LogP contribution in [0.15, 0.2) is 5.28 Å². The summed E-state index contributed by atoms with van der Waals surface area (Å²) in [6, 6.07) is 0. The van der Waals surface area contributed by atoms with E-state index in [1.165, 1.54) is 185 Å². The average Bonchev–Trinajstić information content (AvgIpc) is 3.14. The predicted octanol–water partition coefficient (Wildman–Crippen LogP) is 12.2. The van der Waals surface area contributed by atoms with Gasteiger partial charge in [-0.05, 0) is 50.6 Å². The topological polar surface area (TPSA) is 142 Å². The summed E-state index contributed by atoms with van der Waals surface area (Å²) in [7, 11) is 0. The van der Waals surface area contributed by atoms with Crippen molar-refractivity contribution < 1.29 is 4.97 Å². The van der Waals surface area contributed by atoms with E-state index in [2.05, 4.69) is 54.5 Å². The van der Waals surface area contributed by atoms with E-state index in [1.807, 2.05) is 0 Å². The average molecular weight is 730 g/mol. The monoisotopic (exact) mass is 730 g/mol. The second-order valence-electron chi connectivity index (χ2n) is 14.0. The molecule has 0 spiro atoms. The Kier molecular flexibility index (Phi) is 60.6. The standard InChI is InChI=1S/C20H44N4O2.C20H44N2.CH3.HNO/c1-3-5-7-9-11-12-14-16-19-23(24(26)22-25)20-18-21-17-15-13-10-8-6-4-2;1-3-5-7-9-11-12-14-16-18-22-20-19-21-17-15-13-10-8-6-4-2;;1-2/h21,25H,3-20H2,1-2H3;21-22H,3-20H2,1-2H3;1H3;1H/q;;+1;/p-1. The number of nitroso groups, excluding NO2 is 1. The summed E-state index contributed by atoms with van der Waals surface area (Å²) in [6.07, 6.45) is 37.1. The number of unbranched alkanes of at least 4 members (excludes halogenated alkanes) is 24. The highest BCUT2D eigenvalue weighted by Gasteiger charge is 2.10. The summed E-state index contributed by atoms with van der Waals surface area (Å²) in [5.41, 5.74) is 4.50. The molecule has 0 unspecified atom stereocenters. The number of hydrogen-bond donors (Lipinski definition) is 4. The third-order valence-corrected chi connectivity index (χ3v) is 9.23. The Balaban J connectivity index is -0.000000410. The minimum Gasteiger partial charge on any atom is -0.737 e. The highest BCUT2D eigenvalue weighted by atomic mass is 16.6. The molecule has 4 N–H and O–H groups in total. The van der Waals surface area contributed by atoms with Crippen LogP contribution in [0, 0.1) is 28.3 Å². The summed E-state index contributed by atoms with van der Waals surface area (Å²) in [6.45, 7) is 16.5. The molecule has 0 fully saturated rings. The van der Waals surface area contributed by atoms with Crippen molar-refractivity contribution in [3.05, 3.63) is 22.7 Å². The van der Waals surface area contributed by atoms with Gasteiger partial charge in [0.1, 0.15) is 0 Å². The molecule has 10 heteroatoms. The molecule has 51 heavy (non-hydrogen) atoms. The Labute approximate surface area is 318 Å². The highest BCUT2D eigenvalue weighted by molar-refractivity contribution is 4.56. The molecule has 0 rings (SSSR count). The van der Waals surface area contributed by atoms with Crippen LogP contribution in [0.1, 0.15) is 207 Å². The van der Waals surface area contributed by atoms with Crippen molar-refractivity contribution in [2.45, 2.75) is 207 Å². The van der Waals surface area contributed by atoms with Gasteiger partial charge in [0, 0.05) is 32.0 Å². The zero-order valence-electron chi connectivity index (χ0n) is 35.0. The van der Waals surface area contributed by atoms with Gasteiger partial charge < -0.3 is 26.4 Å². The molecule has 308 valence electrons. The molecule has 0 atom stereocenters. The maximum Gasteiger partial charge on any atom is 0.0892 e. The van der Waals surface area contributed by atoms with E-state index < -0.39 is 0 Å². The van der Waals surface area contributed by atoms with Gasteiger partial charge in [0.25, 0.3) is 0 Å². The zero-order valence-corrected chi connectivity index (χ0v) is 35.0. The Morgan fingerprint density at radius 2 is 0.706 bits per heavy atom. The van der Waals surface area contributed by atoms with Crippen LogP contribution in [-0.4, -0.2) is 62.3 Å². The summed E-state index contributed by atoms with van der Waals surface area (Å²) in [4.78, 5) is 7.72. The number of rotatable bonds is 39. The lowest BCUT2D eigenvalue weighted by molar-refractivity contribution is -0.690. The van der Waals surface area contributed by atoms with Crippen LogP contribution < -0.4 is 16.0 Å². The maximum absolute atomic E-state index is 11.6. The Hall–Kier alpha value is -1.65. The van der Waals surface area contributed by atoms with Gasteiger partial charge in [-0.25, -0.2) is 0 Å². The molecule has 0 amide bonds. The van der Waals surface area contributed by atoms with E-state index >= 15 is 0 Å². The summed E-state index contributed by atoms with van der Waals surface area (Å²) in [5.74, 6) is 0. The molecule has 0 saturated carbocycles. The van der Waals surface area contributed by atoms with Crippen LogP contribution in [0.3, 0.4) is 0 Å². The van der Waals surface area contributed by atoms with E-state index in [0.717, 1.165) is 39.0 Å². The minimum atomic E-state index is 0. The van der Waals surface area contributed by atoms with Gasteiger partial charge in [-0.15, -0.1) is 5.01 Å². The second kappa shape index (κ2) is 55.1. The van der Waals surface area contributed by atoms with Crippen LogP contribution in [0.2, 0.25) is 0 Å². The molecule has 0 bridgehead atoms. The molecule has 10 nitrogen and oxygen atoms in total. The normalized spacial score (nSPS) is 10.9. The van der Waals surface area contributed by atoms with Crippen molar-refractivity contribution in [2.24, 2.45) is 5.28 Å². The fourth-order valence-electron chi connectivity index (χ4n) is 5.97. The number of nitrogens with zero attached hydrogens (tertiary/aromatic N) is 3.